The number of carbonyl (C=O) groups is 1. The molecule has 2 heterocycles. The third kappa shape index (κ3) is 1.34. The van der Waals surface area contributed by atoms with E-state index < -0.39 is 5.97 Å². The van der Waals surface area contributed by atoms with E-state index in [0.29, 0.717) is 5.82 Å². The van der Waals surface area contributed by atoms with Crippen LogP contribution in [0.5, 0.6) is 0 Å². The first-order valence-electron chi connectivity index (χ1n) is 4.30. The number of carboxylic acid groups (broad SMARTS) is 1. The van der Waals surface area contributed by atoms with Crippen molar-refractivity contribution in [1.82, 2.24) is 10.2 Å². The molecule has 6 heteroatoms. The molecule has 1 saturated heterocycles. The fourth-order valence-electron chi connectivity index (χ4n) is 1.26. The third-order valence-electron chi connectivity index (χ3n) is 2.22. The highest BCUT2D eigenvalue weighted by Gasteiger charge is 2.19. The zero-order valence-corrected chi connectivity index (χ0v) is 7.47. The molecule has 14 heavy (non-hydrogen) atoms. The number of nitrogen functional groups attached to an aromatic ring is 1. The first kappa shape index (κ1) is 8.74. The minimum absolute atomic E-state index is 0.0156. The largest absolute Gasteiger partial charge is 0.478 e. The van der Waals surface area contributed by atoms with Crippen molar-refractivity contribution in [1.29, 1.82) is 0 Å². The first-order chi connectivity index (χ1) is 6.68. The van der Waals surface area contributed by atoms with Crippen LogP contribution in [0.3, 0.4) is 0 Å². The number of carboxylic acids is 1. The molecule has 1 aliphatic rings. The van der Waals surface area contributed by atoms with Crippen molar-refractivity contribution in [3.63, 3.8) is 0 Å². The minimum atomic E-state index is -1.07. The topological polar surface area (TPSA) is 92.3 Å². The molecular weight excluding hydrogens is 184 g/mol. The lowest BCUT2D eigenvalue weighted by atomic mass is 10.2. The van der Waals surface area contributed by atoms with Gasteiger partial charge in [0.1, 0.15) is 5.56 Å². The Morgan fingerprint density at radius 2 is 2.21 bits per heavy atom. The number of hydrogen-bond donors (Lipinski definition) is 2. The Bertz CT molecular complexity index is 376. The number of nitrogens with zero attached hydrogens (tertiary/aromatic N) is 3. The highest BCUT2D eigenvalue weighted by molar-refractivity contribution is 5.93. The summed E-state index contributed by atoms with van der Waals surface area (Å²) in [5.74, 6) is -0.524. The predicted octanol–water partition coefficient (Wildman–Crippen LogP) is -0.0329. The van der Waals surface area contributed by atoms with Gasteiger partial charge in [0, 0.05) is 19.2 Å². The van der Waals surface area contributed by atoms with Gasteiger partial charge >= 0.3 is 5.97 Å². The highest BCUT2D eigenvalue weighted by Crippen LogP contribution is 2.20. The molecule has 0 radical (unpaired) electrons. The van der Waals surface area contributed by atoms with E-state index in [0.717, 1.165) is 19.5 Å². The molecule has 1 aliphatic heterocycles. The van der Waals surface area contributed by atoms with Crippen LogP contribution in [0, 0.1) is 0 Å². The quantitative estimate of drug-likeness (QED) is 0.686. The van der Waals surface area contributed by atoms with Gasteiger partial charge in [-0.3, -0.25) is 0 Å². The molecule has 0 saturated carbocycles. The monoisotopic (exact) mass is 194 g/mol. The highest BCUT2D eigenvalue weighted by atomic mass is 16.4. The standard InChI is InChI=1S/C8H10N4O2/c9-7-5(8(13)14)4-6(10-11-7)12-2-1-3-12/h4H,1-3H2,(H2,9,11)(H,13,14). The van der Waals surface area contributed by atoms with Crippen molar-refractivity contribution in [2.24, 2.45) is 0 Å². The zero-order chi connectivity index (χ0) is 10.1. The number of rotatable bonds is 2. The maximum atomic E-state index is 10.7. The number of anilines is 2. The van der Waals surface area contributed by atoms with Crippen LogP contribution in [0.2, 0.25) is 0 Å². The summed E-state index contributed by atoms with van der Waals surface area (Å²) in [6.45, 7) is 1.80. The molecule has 74 valence electrons. The van der Waals surface area contributed by atoms with E-state index >= 15 is 0 Å². The Labute approximate surface area is 80.3 Å². The second-order valence-corrected chi connectivity index (χ2v) is 3.15. The van der Waals surface area contributed by atoms with Crippen molar-refractivity contribution in [2.45, 2.75) is 6.42 Å². The summed E-state index contributed by atoms with van der Waals surface area (Å²) < 4.78 is 0. The molecule has 2 rings (SSSR count). The maximum absolute atomic E-state index is 10.7. The normalized spacial score (nSPS) is 15.0. The molecule has 0 atom stereocenters. The third-order valence-corrected chi connectivity index (χ3v) is 2.22. The smallest absolute Gasteiger partial charge is 0.339 e. The molecule has 3 N–H and O–H groups in total. The summed E-state index contributed by atoms with van der Waals surface area (Å²) in [5.41, 5.74) is 5.39. The Morgan fingerprint density at radius 3 is 2.71 bits per heavy atom. The van der Waals surface area contributed by atoms with Crippen molar-refractivity contribution in [3.05, 3.63) is 11.6 Å². The molecule has 0 amide bonds. The van der Waals surface area contributed by atoms with E-state index in [4.69, 9.17) is 10.8 Å². The molecular formula is C8H10N4O2. The molecule has 0 aromatic carbocycles. The van der Waals surface area contributed by atoms with Gasteiger partial charge in [-0.1, -0.05) is 0 Å². The summed E-state index contributed by atoms with van der Waals surface area (Å²) in [7, 11) is 0. The molecule has 0 aliphatic carbocycles. The van der Waals surface area contributed by atoms with Gasteiger partial charge in [0.2, 0.25) is 0 Å². The molecule has 0 bridgehead atoms. The van der Waals surface area contributed by atoms with Crippen molar-refractivity contribution in [2.75, 3.05) is 23.7 Å². The second-order valence-electron chi connectivity index (χ2n) is 3.15. The molecule has 1 aromatic rings. The van der Waals surface area contributed by atoms with Gasteiger partial charge in [-0.2, -0.15) is 0 Å². The lowest BCUT2D eigenvalue weighted by Gasteiger charge is -2.31. The van der Waals surface area contributed by atoms with Crippen LogP contribution in [-0.4, -0.2) is 34.4 Å². The number of aromatic nitrogens is 2. The van der Waals surface area contributed by atoms with E-state index in [-0.39, 0.29) is 11.4 Å². The lowest BCUT2D eigenvalue weighted by molar-refractivity contribution is 0.0697. The van der Waals surface area contributed by atoms with E-state index in [1.165, 1.54) is 6.07 Å². The van der Waals surface area contributed by atoms with Gasteiger partial charge in [0.15, 0.2) is 11.6 Å². The number of nitrogens with two attached hydrogens (primary N) is 1. The van der Waals surface area contributed by atoms with Crippen LogP contribution in [0.25, 0.3) is 0 Å². The summed E-state index contributed by atoms with van der Waals surface area (Å²) in [6.07, 6.45) is 1.11. The average molecular weight is 194 g/mol. The molecule has 1 fully saturated rings. The molecule has 0 unspecified atom stereocenters. The SMILES string of the molecule is Nc1nnc(N2CCC2)cc1C(=O)O. The van der Waals surface area contributed by atoms with Gasteiger partial charge in [0.05, 0.1) is 0 Å². The lowest BCUT2D eigenvalue weighted by Crippen LogP contribution is -2.38. The zero-order valence-electron chi connectivity index (χ0n) is 7.47. The van der Waals surface area contributed by atoms with Gasteiger partial charge in [-0.05, 0) is 6.42 Å². The summed E-state index contributed by atoms with van der Waals surface area (Å²) in [5, 5.41) is 16.2. The molecule has 0 spiro atoms. The Balaban J connectivity index is 2.34. The van der Waals surface area contributed by atoms with E-state index in [2.05, 4.69) is 10.2 Å². The van der Waals surface area contributed by atoms with Crippen LogP contribution < -0.4 is 10.6 Å². The van der Waals surface area contributed by atoms with E-state index in [9.17, 15) is 4.79 Å². The Kier molecular flexibility index (Phi) is 1.95. The number of aromatic carboxylic acids is 1. The van der Waals surface area contributed by atoms with Crippen LogP contribution in [0.4, 0.5) is 11.6 Å². The average Bonchev–Trinajstić information content (AvgIpc) is 2.04. The van der Waals surface area contributed by atoms with Crippen LogP contribution >= 0.6 is 0 Å². The van der Waals surface area contributed by atoms with Gasteiger partial charge in [-0.25, -0.2) is 4.79 Å². The van der Waals surface area contributed by atoms with Gasteiger partial charge in [-0.15, -0.1) is 10.2 Å². The van der Waals surface area contributed by atoms with Gasteiger partial charge in [0.25, 0.3) is 0 Å². The fraction of sp³-hybridized carbons (Fsp3) is 0.375. The minimum Gasteiger partial charge on any atom is -0.478 e. The van der Waals surface area contributed by atoms with Crippen molar-refractivity contribution < 1.29 is 9.90 Å². The summed E-state index contributed by atoms with van der Waals surface area (Å²) in [6, 6.07) is 1.46. The van der Waals surface area contributed by atoms with Crippen LogP contribution in [0.1, 0.15) is 16.8 Å². The molecule has 1 aromatic heterocycles. The first-order valence-corrected chi connectivity index (χ1v) is 4.30. The second kappa shape index (κ2) is 3.13. The van der Waals surface area contributed by atoms with Gasteiger partial charge < -0.3 is 15.7 Å². The fourth-order valence-corrected chi connectivity index (χ4v) is 1.26. The van der Waals surface area contributed by atoms with E-state index in [1.54, 1.807) is 0 Å². The van der Waals surface area contributed by atoms with Crippen LogP contribution in [0.15, 0.2) is 6.07 Å². The maximum Gasteiger partial charge on any atom is 0.339 e. The predicted molar refractivity (Wildman–Crippen MR) is 50.2 cm³/mol. The van der Waals surface area contributed by atoms with Crippen molar-refractivity contribution >= 4 is 17.6 Å². The Hall–Kier alpha value is -1.85. The molecule has 6 nitrogen and oxygen atoms in total. The summed E-state index contributed by atoms with van der Waals surface area (Å²) >= 11 is 0. The summed E-state index contributed by atoms with van der Waals surface area (Å²) in [4.78, 5) is 12.7. The van der Waals surface area contributed by atoms with E-state index in [1.807, 2.05) is 4.90 Å². The van der Waals surface area contributed by atoms with Crippen molar-refractivity contribution in [3.8, 4) is 0 Å². The van der Waals surface area contributed by atoms with Crippen LogP contribution in [-0.2, 0) is 0 Å². The Morgan fingerprint density at radius 1 is 1.50 bits per heavy atom. The number of hydrogen-bond acceptors (Lipinski definition) is 5.